The zero-order valence-electron chi connectivity index (χ0n) is 7.69. The van der Waals surface area contributed by atoms with Crippen LogP contribution in [0, 0.1) is 0 Å². The molecule has 4 nitrogen and oxygen atoms in total. The van der Waals surface area contributed by atoms with Crippen molar-refractivity contribution in [2.24, 2.45) is 0 Å². The van der Waals surface area contributed by atoms with Gasteiger partial charge in [-0.1, -0.05) is 13.0 Å². The number of carbonyl (C=O) groups excluding carboxylic acids is 1. The lowest BCUT2D eigenvalue weighted by atomic mass is 10.2. The molecule has 2 N–H and O–H groups in total. The average molecular weight is 213 g/mol. The molecule has 1 rings (SSSR count). The average Bonchev–Trinajstić information content (AvgIpc) is 2.65. The van der Waals surface area contributed by atoms with Crippen molar-refractivity contribution in [3.63, 3.8) is 0 Å². The Labute approximate surface area is 85.6 Å². The van der Waals surface area contributed by atoms with Crippen LogP contribution in [0.15, 0.2) is 17.5 Å². The number of carboxylic acids is 1. The highest BCUT2D eigenvalue weighted by atomic mass is 32.1. The SMILES string of the molecule is CC[C@H](NC(=O)c1cccs1)C(=O)O. The fourth-order valence-corrected chi connectivity index (χ4v) is 1.60. The van der Waals surface area contributed by atoms with Gasteiger partial charge in [0.15, 0.2) is 0 Å². The van der Waals surface area contributed by atoms with Gasteiger partial charge >= 0.3 is 5.97 Å². The molecule has 1 aromatic heterocycles. The van der Waals surface area contributed by atoms with Crippen molar-refractivity contribution in [3.8, 4) is 0 Å². The van der Waals surface area contributed by atoms with E-state index in [4.69, 9.17) is 5.11 Å². The second-order valence-corrected chi connectivity index (χ2v) is 3.70. The van der Waals surface area contributed by atoms with Gasteiger partial charge < -0.3 is 10.4 Å². The van der Waals surface area contributed by atoms with Gasteiger partial charge in [0.1, 0.15) is 6.04 Å². The number of carbonyl (C=O) groups is 2. The number of amides is 1. The standard InChI is InChI=1S/C9H11NO3S/c1-2-6(9(12)13)10-8(11)7-4-3-5-14-7/h3-6H,2H2,1H3,(H,10,11)(H,12,13)/t6-/m0/s1. The molecule has 5 heteroatoms. The maximum atomic E-state index is 11.4. The highest BCUT2D eigenvalue weighted by molar-refractivity contribution is 7.12. The number of aliphatic carboxylic acids is 1. The van der Waals surface area contributed by atoms with Gasteiger partial charge in [0.25, 0.3) is 5.91 Å². The van der Waals surface area contributed by atoms with Crippen molar-refractivity contribution in [1.29, 1.82) is 0 Å². The van der Waals surface area contributed by atoms with Crippen LogP contribution in [0.2, 0.25) is 0 Å². The fourth-order valence-electron chi connectivity index (χ4n) is 0.976. The van der Waals surface area contributed by atoms with E-state index in [9.17, 15) is 9.59 Å². The third-order valence-electron chi connectivity index (χ3n) is 1.76. The molecular formula is C9H11NO3S. The number of nitrogens with one attached hydrogen (secondary N) is 1. The van der Waals surface area contributed by atoms with Crippen molar-refractivity contribution in [2.45, 2.75) is 19.4 Å². The first kappa shape index (κ1) is 10.7. The normalized spacial score (nSPS) is 12.1. The zero-order chi connectivity index (χ0) is 10.6. The molecule has 1 aromatic rings. The Bertz CT molecular complexity index is 321. The molecule has 0 bridgehead atoms. The molecule has 0 aliphatic rings. The molecule has 0 aliphatic carbocycles. The molecule has 0 aromatic carbocycles. The van der Waals surface area contributed by atoms with Crippen LogP contribution < -0.4 is 5.32 Å². The second-order valence-electron chi connectivity index (χ2n) is 2.75. The van der Waals surface area contributed by atoms with E-state index in [1.807, 2.05) is 0 Å². The Morgan fingerprint density at radius 1 is 1.64 bits per heavy atom. The summed E-state index contributed by atoms with van der Waals surface area (Å²) in [6, 6.07) is 2.61. The predicted molar refractivity (Wildman–Crippen MR) is 53.5 cm³/mol. The molecule has 1 atom stereocenters. The third-order valence-corrected chi connectivity index (χ3v) is 2.63. The molecule has 0 saturated heterocycles. The van der Waals surface area contributed by atoms with E-state index in [0.29, 0.717) is 11.3 Å². The summed E-state index contributed by atoms with van der Waals surface area (Å²) in [7, 11) is 0. The molecular weight excluding hydrogens is 202 g/mol. The quantitative estimate of drug-likeness (QED) is 0.793. The van der Waals surface area contributed by atoms with Crippen LogP contribution in [-0.4, -0.2) is 23.0 Å². The Balaban J connectivity index is 2.60. The maximum Gasteiger partial charge on any atom is 0.326 e. The van der Waals surface area contributed by atoms with Crippen LogP contribution in [0.1, 0.15) is 23.0 Å². The molecule has 14 heavy (non-hydrogen) atoms. The van der Waals surface area contributed by atoms with Crippen LogP contribution in [0.3, 0.4) is 0 Å². The molecule has 0 fully saturated rings. The summed E-state index contributed by atoms with van der Waals surface area (Å²) in [6.07, 6.45) is 0.381. The summed E-state index contributed by atoms with van der Waals surface area (Å²) in [5, 5.41) is 12.9. The lowest BCUT2D eigenvalue weighted by molar-refractivity contribution is -0.139. The molecule has 0 spiro atoms. The van der Waals surface area contributed by atoms with E-state index in [1.165, 1.54) is 11.3 Å². The Morgan fingerprint density at radius 2 is 2.36 bits per heavy atom. The van der Waals surface area contributed by atoms with Crippen molar-refractivity contribution < 1.29 is 14.7 Å². The smallest absolute Gasteiger partial charge is 0.326 e. The molecule has 0 radical (unpaired) electrons. The summed E-state index contributed by atoms with van der Waals surface area (Å²) >= 11 is 1.29. The highest BCUT2D eigenvalue weighted by Gasteiger charge is 2.18. The summed E-state index contributed by atoms with van der Waals surface area (Å²) in [5.74, 6) is -1.33. The number of hydrogen-bond acceptors (Lipinski definition) is 3. The van der Waals surface area contributed by atoms with E-state index in [0.717, 1.165) is 0 Å². The minimum atomic E-state index is -1.00. The summed E-state index contributed by atoms with van der Waals surface area (Å²) in [4.78, 5) is 22.6. The molecule has 0 unspecified atom stereocenters. The van der Waals surface area contributed by atoms with Crippen LogP contribution in [-0.2, 0) is 4.79 Å². The van der Waals surface area contributed by atoms with Gasteiger partial charge in [0, 0.05) is 0 Å². The van der Waals surface area contributed by atoms with E-state index < -0.39 is 12.0 Å². The number of hydrogen-bond donors (Lipinski definition) is 2. The maximum absolute atomic E-state index is 11.4. The van der Waals surface area contributed by atoms with E-state index >= 15 is 0 Å². The molecule has 0 saturated carbocycles. The first-order chi connectivity index (χ1) is 6.65. The molecule has 76 valence electrons. The number of carboxylic acid groups (broad SMARTS) is 1. The summed E-state index contributed by atoms with van der Waals surface area (Å²) in [6.45, 7) is 1.72. The van der Waals surface area contributed by atoms with Crippen LogP contribution in [0.25, 0.3) is 0 Å². The van der Waals surface area contributed by atoms with Gasteiger partial charge in [0.2, 0.25) is 0 Å². The predicted octanol–water partition coefficient (Wildman–Crippen LogP) is 1.34. The molecule has 0 aliphatic heterocycles. The Hall–Kier alpha value is -1.36. The Kier molecular flexibility index (Phi) is 3.64. The summed E-state index contributed by atoms with van der Waals surface area (Å²) < 4.78 is 0. The van der Waals surface area contributed by atoms with Crippen LogP contribution >= 0.6 is 11.3 Å². The van der Waals surface area contributed by atoms with Gasteiger partial charge in [-0.25, -0.2) is 4.79 Å². The minimum absolute atomic E-state index is 0.325. The Morgan fingerprint density at radius 3 is 2.79 bits per heavy atom. The van der Waals surface area contributed by atoms with Gasteiger partial charge in [-0.05, 0) is 17.9 Å². The lowest BCUT2D eigenvalue weighted by Crippen LogP contribution is -2.39. The molecule has 1 heterocycles. The first-order valence-electron chi connectivity index (χ1n) is 4.22. The van der Waals surface area contributed by atoms with Gasteiger partial charge in [-0.15, -0.1) is 11.3 Å². The van der Waals surface area contributed by atoms with Crippen LogP contribution in [0.4, 0.5) is 0 Å². The van der Waals surface area contributed by atoms with Crippen molar-refractivity contribution in [2.75, 3.05) is 0 Å². The fraction of sp³-hybridized carbons (Fsp3) is 0.333. The highest BCUT2D eigenvalue weighted by Crippen LogP contribution is 2.08. The topological polar surface area (TPSA) is 66.4 Å². The molecule has 1 amide bonds. The largest absolute Gasteiger partial charge is 0.480 e. The van der Waals surface area contributed by atoms with Crippen LogP contribution in [0.5, 0.6) is 0 Å². The lowest BCUT2D eigenvalue weighted by Gasteiger charge is -2.10. The van der Waals surface area contributed by atoms with E-state index in [-0.39, 0.29) is 5.91 Å². The van der Waals surface area contributed by atoms with Gasteiger partial charge in [-0.2, -0.15) is 0 Å². The summed E-state index contributed by atoms with van der Waals surface area (Å²) in [5.41, 5.74) is 0. The third kappa shape index (κ3) is 2.56. The monoisotopic (exact) mass is 213 g/mol. The number of thiophene rings is 1. The van der Waals surface area contributed by atoms with Crippen molar-refractivity contribution in [3.05, 3.63) is 22.4 Å². The first-order valence-corrected chi connectivity index (χ1v) is 5.10. The zero-order valence-corrected chi connectivity index (χ0v) is 8.50. The van der Waals surface area contributed by atoms with E-state index in [2.05, 4.69) is 5.32 Å². The minimum Gasteiger partial charge on any atom is -0.480 e. The van der Waals surface area contributed by atoms with Crippen molar-refractivity contribution >= 4 is 23.2 Å². The number of rotatable bonds is 4. The van der Waals surface area contributed by atoms with Crippen molar-refractivity contribution in [1.82, 2.24) is 5.32 Å². The van der Waals surface area contributed by atoms with Gasteiger partial charge in [0.05, 0.1) is 4.88 Å². The van der Waals surface area contributed by atoms with Gasteiger partial charge in [-0.3, -0.25) is 4.79 Å². The van der Waals surface area contributed by atoms with E-state index in [1.54, 1.807) is 24.4 Å². The second kappa shape index (κ2) is 4.76.